The fourth-order valence-corrected chi connectivity index (χ4v) is 3.23. The Hall–Kier alpha value is -1.61. The molecule has 1 aliphatic rings. The van der Waals surface area contributed by atoms with Gasteiger partial charge in [-0.3, -0.25) is 4.79 Å². The second kappa shape index (κ2) is 3.19. The number of fused-ring (bicyclic) bond motifs is 1. The maximum Gasteiger partial charge on any atom is 0.253 e. The van der Waals surface area contributed by atoms with E-state index >= 15 is 0 Å². The Kier molecular flexibility index (Phi) is 1.91. The molecule has 1 aromatic carbocycles. The zero-order valence-electron chi connectivity index (χ0n) is 8.86. The van der Waals surface area contributed by atoms with Gasteiger partial charge in [-0.2, -0.15) is 0 Å². The van der Waals surface area contributed by atoms with Crippen molar-refractivity contribution in [3.8, 4) is 0 Å². The predicted molar refractivity (Wildman–Crippen MR) is 64.7 cm³/mol. The zero-order chi connectivity index (χ0) is 11.2. The molecule has 0 spiro atoms. The van der Waals surface area contributed by atoms with E-state index in [-0.39, 0.29) is 11.4 Å². The van der Waals surface area contributed by atoms with Crippen LogP contribution >= 0.6 is 11.3 Å². The summed E-state index contributed by atoms with van der Waals surface area (Å²) in [6.07, 6.45) is 0. The lowest BCUT2D eigenvalue weighted by molar-refractivity contribution is 0.0945. The van der Waals surface area contributed by atoms with Gasteiger partial charge in [0.15, 0.2) is 0 Å². The van der Waals surface area contributed by atoms with Gasteiger partial charge < -0.3 is 5.32 Å². The van der Waals surface area contributed by atoms with Gasteiger partial charge in [0.1, 0.15) is 0 Å². The predicted octanol–water partition coefficient (Wildman–Crippen LogP) is 2.76. The number of hydrogen-bond acceptors (Lipinski definition) is 2. The van der Waals surface area contributed by atoms with E-state index in [2.05, 4.69) is 24.4 Å². The fourth-order valence-electron chi connectivity index (χ4n) is 2.20. The average molecular weight is 229 g/mol. The minimum atomic E-state index is -0.359. The van der Waals surface area contributed by atoms with Crippen molar-refractivity contribution < 1.29 is 4.79 Å². The number of benzene rings is 1. The third-order valence-electron chi connectivity index (χ3n) is 3.08. The highest BCUT2D eigenvalue weighted by molar-refractivity contribution is 7.10. The summed E-state index contributed by atoms with van der Waals surface area (Å²) in [5, 5.41) is 5.04. The van der Waals surface area contributed by atoms with Gasteiger partial charge in [0.2, 0.25) is 0 Å². The first kappa shape index (κ1) is 9.60. The highest BCUT2D eigenvalue weighted by Crippen LogP contribution is 2.39. The summed E-state index contributed by atoms with van der Waals surface area (Å²) in [6.45, 7) is 2.06. The normalized spacial score (nSPS) is 22.9. The van der Waals surface area contributed by atoms with Gasteiger partial charge in [-0.1, -0.05) is 30.3 Å². The highest BCUT2D eigenvalue weighted by Gasteiger charge is 2.41. The molecule has 2 aromatic rings. The Balaban J connectivity index is 2.19. The van der Waals surface area contributed by atoms with Crippen LogP contribution in [0.3, 0.4) is 0 Å². The minimum Gasteiger partial charge on any atom is -0.338 e. The van der Waals surface area contributed by atoms with Crippen LogP contribution in [-0.2, 0) is 5.54 Å². The zero-order valence-corrected chi connectivity index (χ0v) is 9.67. The molecule has 1 unspecified atom stereocenters. The SMILES string of the molecule is CC1(c2ccccc2)NC(=O)c2ccsc21. The standard InChI is InChI=1S/C13H11NOS/c1-13(9-5-3-2-4-6-9)11-10(7-8-16-11)12(15)14-13/h2-8H,1H3,(H,14,15). The molecule has 2 heterocycles. The van der Waals surface area contributed by atoms with Crippen LogP contribution in [0, 0.1) is 0 Å². The van der Waals surface area contributed by atoms with E-state index in [0.29, 0.717) is 0 Å². The summed E-state index contributed by atoms with van der Waals surface area (Å²) >= 11 is 1.63. The molecule has 1 aliphatic heterocycles. The molecule has 1 amide bonds. The molecule has 0 aliphatic carbocycles. The van der Waals surface area contributed by atoms with E-state index in [1.807, 2.05) is 29.6 Å². The second-order valence-corrected chi connectivity index (χ2v) is 5.02. The summed E-state index contributed by atoms with van der Waals surface area (Å²) < 4.78 is 0. The van der Waals surface area contributed by atoms with Crippen molar-refractivity contribution in [2.75, 3.05) is 0 Å². The van der Waals surface area contributed by atoms with Crippen LogP contribution in [0.1, 0.15) is 27.7 Å². The molecule has 0 saturated carbocycles. The number of amides is 1. The summed E-state index contributed by atoms with van der Waals surface area (Å²) in [6, 6.07) is 12.0. The first-order chi connectivity index (χ1) is 7.72. The molecular formula is C13H11NOS. The quantitative estimate of drug-likeness (QED) is 0.800. The van der Waals surface area contributed by atoms with Crippen molar-refractivity contribution in [1.82, 2.24) is 5.32 Å². The lowest BCUT2D eigenvalue weighted by Gasteiger charge is -2.24. The van der Waals surface area contributed by atoms with Crippen molar-refractivity contribution in [3.63, 3.8) is 0 Å². The molecule has 0 fully saturated rings. The minimum absolute atomic E-state index is 0.0302. The van der Waals surface area contributed by atoms with Crippen LogP contribution in [-0.4, -0.2) is 5.91 Å². The summed E-state index contributed by atoms with van der Waals surface area (Å²) in [7, 11) is 0. The van der Waals surface area contributed by atoms with Crippen LogP contribution in [0.15, 0.2) is 41.8 Å². The summed E-state index contributed by atoms with van der Waals surface area (Å²) in [5.74, 6) is 0.0302. The lowest BCUT2D eigenvalue weighted by atomic mass is 9.92. The van der Waals surface area contributed by atoms with Crippen molar-refractivity contribution in [3.05, 3.63) is 57.8 Å². The topological polar surface area (TPSA) is 29.1 Å². The van der Waals surface area contributed by atoms with Gasteiger partial charge in [0, 0.05) is 4.88 Å². The Morgan fingerprint density at radius 2 is 1.94 bits per heavy atom. The summed E-state index contributed by atoms with van der Waals surface area (Å²) in [5.41, 5.74) is 1.59. The second-order valence-electron chi connectivity index (χ2n) is 4.11. The summed E-state index contributed by atoms with van der Waals surface area (Å²) in [4.78, 5) is 12.9. The van der Waals surface area contributed by atoms with Crippen LogP contribution in [0.5, 0.6) is 0 Å². The Morgan fingerprint density at radius 1 is 1.19 bits per heavy atom. The third kappa shape index (κ3) is 1.15. The molecule has 80 valence electrons. The van der Waals surface area contributed by atoms with Crippen molar-refractivity contribution in [1.29, 1.82) is 0 Å². The van der Waals surface area contributed by atoms with E-state index < -0.39 is 0 Å². The van der Waals surface area contributed by atoms with Gasteiger partial charge in [0.25, 0.3) is 5.91 Å². The van der Waals surface area contributed by atoms with Crippen LogP contribution < -0.4 is 5.32 Å². The Labute approximate surface area is 97.9 Å². The molecule has 16 heavy (non-hydrogen) atoms. The van der Waals surface area contributed by atoms with Gasteiger partial charge in [-0.05, 0) is 23.9 Å². The molecule has 1 N–H and O–H groups in total. The largest absolute Gasteiger partial charge is 0.338 e. The van der Waals surface area contributed by atoms with E-state index in [0.717, 1.165) is 16.0 Å². The van der Waals surface area contributed by atoms with Crippen molar-refractivity contribution >= 4 is 17.2 Å². The molecule has 3 heteroatoms. The molecule has 1 atom stereocenters. The molecular weight excluding hydrogens is 218 g/mol. The van der Waals surface area contributed by atoms with Crippen LogP contribution in [0.2, 0.25) is 0 Å². The maximum atomic E-state index is 11.8. The monoisotopic (exact) mass is 229 g/mol. The van der Waals surface area contributed by atoms with E-state index in [4.69, 9.17) is 0 Å². The fraction of sp³-hybridized carbons (Fsp3) is 0.154. The number of thiophene rings is 1. The first-order valence-corrected chi connectivity index (χ1v) is 6.06. The smallest absolute Gasteiger partial charge is 0.253 e. The van der Waals surface area contributed by atoms with Crippen LogP contribution in [0.25, 0.3) is 0 Å². The molecule has 1 aromatic heterocycles. The van der Waals surface area contributed by atoms with Gasteiger partial charge >= 0.3 is 0 Å². The van der Waals surface area contributed by atoms with Gasteiger partial charge in [-0.15, -0.1) is 11.3 Å². The number of rotatable bonds is 1. The number of carbonyl (C=O) groups excluding carboxylic acids is 1. The van der Waals surface area contributed by atoms with E-state index in [1.165, 1.54) is 0 Å². The molecule has 0 radical (unpaired) electrons. The Morgan fingerprint density at radius 3 is 2.69 bits per heavy atom. The molecule has 0 saturated heterocycles. The van der Waals surface area contributed by atoms with E-state index in [1.54, 1.807) is 11.3 Å². The van der Waals surface area contributed by atoms with Gasteiger partial charge in [0.05, 0.1) is 11.1 Å². The van der Waals surface area contributed by atoms with Crippen molar-refractivity contribution in [2.24, 2.45) is 0 Å². The number of carbonyl (C=O) groups is 1. The third-order valence-corrected chi connectivity index (χ3v) is 4.21. The first-order valence-electron chi connectivity index (χ1n) is 5.18. The number of nitrogens with one attached hydrogen (secondary N) is 1. The maximum absolute atomic E-state index is 11.8. The highest BCUT2D eigenvalue weighted by atomic mass is 32.1. The molecule has 3 rings (SSSR count). The van der Waals surface area contributed by atoms with Gasteiger partial charge in [-0.25, -0.2) is 0 Å². The molecule has 0 bridgehead atoms. The van der Waals surface area contributed by atoms with Crippen molar-refractivity contribution in [2.45, 2.75) is 12.5 Å². The van der Waals surface area contributed by atoms with E-state index in [9.17, 15) is 4.79 Å². The molecule has 2 nitrogen and oxygen atoms in total. The van der Waals surface area contributed by atoms with Crippen LogP contribution in [0.4, 0.5) is 0 Å². The lowest BCUT2D eigenvalue weighted by Crippen LogP contribution is -2.37. The Bertz CT molecular complexity index is 546. The number of hydrogen-bond donors (Lipinski definition) is 1. The average Bonchev–Trinajstić information content (AvgIpc) is 2.86.